The second-order valence-electron chi connectivity index (χ2n) is 3.67. The van der Waals surface area contributed by atoms with Crippen molar-refractivity contribution in [1.82, 2.24) is 4.98 Å². The largest absolute Gasteiger partial charge is 0.506 e. The Kier molecular flexibility index (Phi) is 3.66. The smallest absolute Gasteiger partial charge is 0.133 e. The SMILES string of the molecule is N#Cc1ccc(NCc2ccc(O)cn2)cc1Cl. The Hall–Kier alpha value is -2.25. The van der Waals surface area contributed by atoms with Gasteiger partial charge in [0, 0.05) is 5.69 Å². The van der Waals surface area contributed by atoms with Gasteiger partial charge in [-0.15, -0.1) is 0 Å². The van der Waals surface area contributed by atoms with Crippen molar-refractivity contribution in [1.29, 1.82) is 5.26 Å². The molecule has 0 fully saturated rings. The number of aromatic nitrogens is 1. The Bertz CT molecular complexity index is 590. The molecular weight excluding hydrogens is 250 g/mol. The fraction of sp³-hybridized carbons (Fsp3) is 0.0769. The van der Waals surface area contributed by atoms with Crippen molar-refractivity contribution in [3.8, 4) is 11.8 Å². The molecule has 1 aromatic carbocycles. The van der Waals surface area contributed by atoms with Crippen LogP contribution in [0.4, 0.5) is 5.69 Å². The van der Waals surface area contributed by atoms with E-state index in [1.54, 1.807) is 30.3 Å². The molecule has 18 heavy (non-hydrogen) atoms. The zero-order valence-corrected chi connectivity index (χ0v) is 10.1. The minimum atomic E-state index is 0.139. The molecule has 0 unspecified atom stereocenters. The van der Waals surface area contributed by atoms with Crippen LogP contribution in [-0.2, 0) is 6.54 Å². The van der Waals surface area contributed by atoms with E-state index >= 15 is 0 Å². The van der Waals surface area contributed by atoms with E-state index in [1.165, 1.54) is 6.20 Å². The zero-order valence-electron chi connectivity index (χ0n) is 9.39. The fourth-order valence-corrected chi connectivity index (χ4v) is 1.65. The lowest BCUT2D eigenvalue weighted by Crippen LogP contribution is -2.01. The lowest BCUT2D eigenvalue weighted by atomic mass is 10.2. The fourth-order valence-electron chi connectivity index (χ4n) is 1.43. The van der Waals surface area contributed by atoms with Crippen molar-refractivity contribution in [3.63, 3.8) is 0 Å². The minimum Gasteiger partial charge on any atom is -0.506 e. The van der Waals surface area contributed by atoms with E-state index in [-0.39, 0.29) is 5.75 Å². The highest BCUT2D eigenvalue weighted by Gasteiger charge is 2.01. The van der Waals surface area contributed by atoms with Crippen molar-refractivity contribution < 1.29 is 5.11 Å². The zero-order chi connectivity index (χ0) is 13.0. The molecule has 90 valence electrons. The van der Waals surface area contributed by atoms with Gasteiger partial charge in [-0.05, 0) is 30.3 Å². The molecular formula is C13H10ClN3O. The highest BCUT2D eigenvalue weighted by molar-refractivity contribution is 6.32. The normalized spacial score (nSPS) is 9.78. The maximum Gasteiger partial charge on any atom is 0.133 e. The maximum atomic E-state index is 9.11. The Morgan fingerprint density at radius 3 is 2.78 bits per heavy atom. The number of hydrogen-bond donors (Lipinski definition) is 2. The number of hydrogen-bond acceptors (Lipinski definition) is 4. The van der Waals surface area contributed by atoms with E-state index < -0.39 is 0 Å². The summed E-state index contributed by atoms with van der Waals surface area (Å²) in [5.41, 5.74) is 2.06. The summed E-state index contributed by atoms with van der Waals surface area (Å²) in [4.78, 5) is 4.05. The van der Waals surface area contributed by atoms with E-state index in [1.807, 2.05) is 6.07 Å². The van der Waals surface area contributed by atoms with Gasteiger partial charge in [-0.2, -0.15) is 5.26 Å². The number of anilines is 1. The predicted octanol–water partition coefficient (Wildman–Crippen LogP) is 2.92. The average Bonchev–Trinajstić information content (AvgIpc) is 2.38. The first kappa shape index (κ1) is 12.2. The quantitative estimate of drug-likeness (QED) is 0.889. The van der Waals surface area contributed by atoms with Gasteiger partial charge in [-0.1, -0.05) is 11.6 Å². The summed E-state index contributed by atoms with van der Waals surface area (Å²) in [5.74, 6) is 0.139. The number of nitrogens with one attached hydrogen (secondary N) is 1. The monoisotopic (exact) mass is 259 g/mol. The van der Waals surface area contributed by atoms with Crippen LogP contribution in [0.2, 0.25) is 5.02 Å². The summed E-state index contributed by atoms with van der Waals surface area (Å²) in [6, 6.07) is 10.5. The van der Waals surface area contributed by atoms with Gasteiger partial charge in [0.05, 0.1) is 29.0 Å². The lowest BCUT2D eigenvalue weighted by Gasteiger charge is -2.06. The predicted molar refractivity (Wildman–Crippen MR) is 69.4 cm³/mol. The molecule has 0 bridgehead atoms. The third-order valence-electron chi connectivity index (χ3n) is 2.37. The number of nitriles is 1. The third kappa shape index (κ3) is 2.90. The Morgan fingerprint density at radius 1 is 1.33 bits per heavy atom. The number of aromatic hydroxyl groups is 1. The number of rotatable bonds is 3. The molecule has 4 nitrogen and oxygen atoms in total. The number of pyridine rings is 1. The summed E-state index contributed by atoms with van der Waals surface area (Å²) in [5, 5.41) is 21.4. The van der Waals surface area contributed by atoms with Crippen molar-refractivity contribution in [2.45, 2.75) is 6.54 Å². The topological polar surface area (TPSA) is 68.9 Å². The van der Waals surface area contributed by atoms with Gasteiger partial charge in [0.15, 0.2) is 0 Å². The Balaban J connectivity index is 2.04. The van der Waals surface area contributed by atoms with Crippen LogP contribution in [-0.4, -0.2) is 10.1 Å². The van der Waals surface area contributed by atoms with Crippen LogP contribution in [0.1, 0.15) is 11.3 Å². The van der Waals surface area contributed by atoms with Crippen molar-refractivity contribution >= 4 is 17.3 Å². The summed E-state index contributed by atoms with van der Waals surface area (Å²) in [6.07, 6.45) is 1.39. The summed E-state index contributed by atoms with van der Waals surface area (Å²) < 4.78 is 0. The number of nitrogens with zero attached hydrogens (tertiary/aromatic N) is 2. The standard InChI is InChI=1S/C13H10ClN3O/c14-13-5-10(2-1-9(13)6-15)16-7-11-3-4-12(18)8-17-11/h1-5,8,16,18H,7H2. The van der Waals surface area contributed by atoms with Gasteiger partial charge < -0.3 is 10.4 Å². The first-order valence-electron chi connectivity index (χ1n) is 5.26. The third-order valence-corrected chi connectivity index (χ3v) is 2.69. The van der Waals surface area contributed by atoms with E-state index in [0.717, 1.165) is 11.4 Å². The van der Waals surface area contributed by atoms with Gasteiger partial charge in [-0.3, -0.25) is 4.98 Å². The number of benzene rings is 1. The molecule has 1 aromatic heterocycles. The van der Waals surface area contributed by atoms with Gasteiger partial charge in [-0.25, -0.2) is 0 Å². The van der Waals surface area contributed by atoms with Crippen LogP contribution < -0.4 is 5.32 Å². The van der Waals surface area contributed by atoms with Crippen LogP contribution in [0.3, 0.4) is 0 Å². The van der Waals surface area contributed by atoms with Gasteiger partial charge in [0.2, 0.25) is 0 Å². The first-order valence-corrected chi connectivity index (χ1v) is 5.64. The molecule has 2 N–H and O–H groups in total. The first-order chi connectivity index (χ1) is 8.69. The van der Waals surface area contributed by atoms with Gasteiger partial charge in [0.1, 0.15) is 11.8 Å². The minimum absolute atomic E-state index is 0.139. The highest BCUT2D eigenvalue weighted by Crippen LogP contribution is 2.20. The second kappa shape index (κ2) is 5.39. The average molecular weight is 260 g/mol. The molecule has 2 aromatic rings. The van der Waals surface area contributed by atoms with Crippen LogP contribution in [0, 0.1) is 11.3 Å². The molecule has 0 amide bonds. The van der Waals surface area contributed by atoms with Crippen molar-refractivity contribution in [3.05, 3.63) is 52.8 Å². The molecule has 0 aliphatic carbocycles. The van der Waals surface area contributed by atoms with Gasteiger partial charge in [0.25, 0.3) is 0 Å². The van der Waals surface area contributed by atoms with E-state index in [4.69, 9.17) is 22.0 Å². The number of halogens is 1. The summed E-state index contributed by atoms with van der Waals surface area (Å²) in [7, 11) is 0. The van der Waals surface area contributed by atoms with E-state index in [2.05, 4.69) is 10.3 Å². The van der Waals surface area contributed by atoms with E-state index in [9.17, 15) is 0 Å². The molecule has 0 saturated heterocycles. The molecule has 0 aliphatic rings. The van der Waals surface area contributed by atoms with Crippen LogP contribution >= 0.6 is 11.6 Å². The van der Waals surface area contributed by atoms with Crippen molar-refractivity contribution in [2.24, 2.45) is 0 Å². The summed E-state index contributed by atoms with van der Waals surface area (Å²) >= 11 is 5.92. The Labute approximate surface area is 109 Å². The molecule has 0 saturated carbocycles. The second-order valence-corrected chi connectivity index (χ2v) is 4.07. The highest BCUT2D eigenvalue weighted by atomic mass is 35.5. The molecule has 0 radical (unpaired) electrons. The lowest BCUT2D eigenvalue weighted by molar-refractivity contribution is 0.472. The van der Waals surface area contributed by atoms with Crippen LogP contribution in [0.25, 0.3) is 0 Å². The molecule has 0 atom stereocenters. The maximum absolute atomic E-state index is 9.11. The Morgan fingerprint density at radius 2 is 2.17 bits per heavy atom. The molecule has 1 heterocycles. The molecule has 0 aliphatic heterocycles. The van der Waals surface area contributed by atoms with Crippen molar-refractivity contribution in [2.75, 3.05) is 5.32 Å². The molecule has 2 rings (SSSR count). The van der Waals surface area contributed by atoms with E-state index in [0.29, 0.717) is 17.1 Å². The van der Waals surface area contributed by atoms with Crippen LogP contribution in [0.15, 0.2) is 36.5 Å². The van der Waals surface area contributed by atoms with Gasteiger partial charge >= 0.3 is 0 Å². The summed E-state index contributed by atoms with van der Waals surface area (Å²) in [6.45, 7) is 0.516. The molecule has 5 heteroatoms. The van der Waals surface area contributed by atoms with Crippen LogP contribution in [0.5, 0.6) is 5.75 Å². The molecule has 0 spiro atoms.